The molecule has 1 aromatic rings. The summed E-state index contributed by atoms with van der Waals surface area (Å²) in [5, 5.41) is 12.3. The molecule has 78 valence electrons. The summed E-state index contributed by atoms with van der Waals surface area (Å²) in [4.78, 5) is 0. The number of nitrogens with one attached hydrogen (secondary N) is 1. The fourth-order valence-electron chi connectivity index (χ4n) is 1.45. The third kappa shape index (κ3) is 3.04. The molecule has 0 bridgehead atoms. The van der Waals surface area contributed by atoms with Crippen LogP contribution in [0.2, 0.25) is 0 Å². The number of anilines is 1. The SMILES string of the molecule is CCCNc1cc(C)ccc1CCO. The number of benzene rings is 1. The number of aryl methyl sites for hydroxylation is 1. The minimum atomic E-state index is 0.212. The Morgan fingerprint density at radius 3 is 2.79 bits per heavy atom. The van der Waals surface area contributed by atoms with Gasteiger partial charge in [0.2, 0.25) is 0 Å². The van der Waals surface area contributed by atoms with Gasteiger partial charge in [-0.3, -0.25) is 0 Å². The minimum absolute atomic E-state index is 0.212. The van der Waals surface area contributed by atoms with Crippen molar-refractivity contribution in [3.05, 3.63) is 29.3 Å². The van der Waals surface area contributed by atoms with Crippen LogP contribution in [0.3, 0.4) is 0 Å². The highest BCUT2D eigenvalue weighted by Gasteiger charge is 2.00. The van der Waals surface area contributed by atoms with Gasteiger partial charge in [-0.25, -0.2) is 0 Å². The summed E-state index contributed by atoms with van der Waals surface area (Å²) >= 11 is 0. The van der Waals surface area contributed by atoms with E-state index in [0.717, 1.165) is 19.4 Å². The molecule has 14 heavy (non-hydrogen) atoms. The number of hydrogen-bond acceptors (Lipinski definition) is 2. The van der Waals surface area contributed by atoms with Crippen LogP contribution in [0.5, 0.6) is 0 Å². The second-order valence-electron chi connectivity index (χ2n) is 3.56. The van der Waals surface area contributed by atoms with Gasteiger partial charge in [0.1, 0.15) is 0 Å². The molecule has 0 atom stereocenters. The van der Waals surface area contributed by atoms with Crippen molar-refractivity contribution in [2.24, 2.45) is 0 Å². The van der Waals surface area contributed by atoms with Gasteiger partial charge in [0, 0.05) is 18.8 Å². The summed E-state index contributed by atoms with van der Waals surface area (Å²) < 4.78 is 0. The minimum Gasteiger partial charge on any atom is -0.396 e. The summed E-state index contributed by atoms with van der Waals surface area (Å²) in [5.74, 6) is 0. The zero-order chi connectivity index (χ0) is 10.4. The largest absolute Gasteiger partial charge is 0.396 e. The van der Waals surface area contributed by atoms with Gasteiger partial charge < -0.3 is 10.4 Å². The third-order valence-electron chi connectivity index (χ3n) is 2.21. The van der Waals surface area contributed by atoms with Crippen molar-refractivity contribution in [3.63, 3.8) is 0 Å². The van der Waals surface area contributed by atoms with Crippen molar-refractivity contribution in [2.75, 3.05) is 18.5 Å². The maximum Gasteiger partial charge on any atom is 0.0472 e. The molecule has 0 spiro atoms. The molecule has 2 N–H and O–H groups in total. The van der Waals surface area contributed by atoms with E-state index in [9.17, 15) is 0 Å². The highest BCUT2D eigenvalue weighted by atomic mass is 16.2. The Labute approximate surface area is 86.0 Å². The molecule has 0 amide bonds. The van der Waals surface area contributed by atoms with Crippen molar-refractivity contribution in [1.29, 1.82) is 0 Å². The predicted octanol–water partition coefficient (Wildman–Crippen LogP) is 2.35. The lowest BCUT2D eigenvalue weighted by Gasteiger charge is -2.11. The highest BCUT2D eigenvalue weighted by Crippen LogP contribution is 2.17. The quantitative estimate of drug-likeness (QED) is 0.752. The van der Waals surface area contributed by atoms with E-state index in [1.807, 2.05) is 0 Å². The van der Waals surface area contributed by atoms with Gasteiger partial charge in [0.25, 0.3) is 0 Å². The molecule has 0 heterocycles. The van der Waals surface area contributed by atoms with E-state index < -0.39 is 0 Å². The molecule has 0 aromatic heterocycles. The van der Waals surface area contributed by atoms with Crippen LogP contribution in [0, 0.1) is 6.92 Å². The van der Waals surface area contributed by atoms with Crippen molar-refractivity contribution < 1.29 is 5.11 Å². The lowest BCUT2D eigenvalue weighted by atomic mass is 10.1. The summed E-state index contributed by atoms with van der Waals surface area (Å²) in [7, 11) is 0. The molecule has 0 fully saturated rings. The Bertz CT molecular complexity index is 284. The summed E-state index contributed by atoms with van der Waals surface area (Å²) in [6.45, 7) is 5.43. The molecule has 0 radical (unpaired) electrons. The summed E-state index contributed by atoms with van der Waals surface area (Å²) in [5.41, 5.74) is 3.62. The first kappa shape index (κ1) is 11.1. The van der Waals surface area contributed by atoms with E-state index in [-0.39, 0.29) is 6.61 Å². The van der Waals surface area contributed by atoms with Crippen LogP contribution in [0.1, 0.15) is 24.5 Å². The Morgan fingerprint density at radius 2 is 2.14 bits per heavy atom. The molecule has 1 rings (SSSR count). The van der Waals surface area contributed by atoms with Gasteiger partial charge in [-0.05, 0) is 37.0 Å². The monoisotopic (exact) mass is 193 g/mol. The van der Waals surface area contributed by atoms with Crippen LogP contribution >= 0.6 is 0 Å². The van der Waals surface area contributed by atoms with Crippen LogP contribution in [-0.4, -0.2) is 18.3 Å². The molecule has 0 unspecified atom stereocenters. The topological polar surface area (TPSA) is 32.3 Å². The Kier molecular flexibility index (Phi) is 4.47. The van der Waals surface area contributed by atoms with Crippen molar-refractivity contribution in [1.82, 2.24) is 0 Å². The van der Waals surface area contributed by atoms with Crippen molar-refractivity contribution >= 4 is 5.69 Å². The number of hydrogen-bond donors (Lipinski definition) is 2. The lowest BCUT2D eigenvalue weighted by Crippen LogP contribution is -2.04. The van der Waals surface area contributed by atoms with E-state index in [1.54, 1.807) is 0 Å². The van der Waals surface area contributed by atoms with Gasteiger partial charge in [0.15, 0.2) is 0 Å². The van der Waals surface area contributed by atoms with E-state index in [0.29, 0.717) is 0 Å². The number of aliphatic hydroxyl groups excluding tert-OH is 1. The first-order valence-electron chi connectivity index (χ1n) is 5.22. The molecule has 0 saturated carbocycles. The highest BCUT2D eigenvalue weighted by molar-refractivity contribution is 5.53. The molecule has 0 aliphatic rings. The van der Waals surface area contributed by atoms with Gasteiger partial charge >= 0.3 is 0 Å². The molecule has 2 nitrogen and oxygen atoms in total. The average Bonchev–Trinajstić information content (AvgIpc) is 2.18. The molecular weight excluding hydrogens is 174 g/mol. The van der Waals surface area contributed by atoms with E-state index >= 15 is 0 Å². The molecule has 2 heteroatoms. The van der Waals surface area contributed by atoms with Gasteiger partial charge in [-0.2, -0.15) is 0 Å². The average molecular weight is 193 g/mol. The van der Waals surface area contributed by atoms with Crippen molar-refractivity contribution in [3.8, 4) is 0 Å². The number of rotatable bonds is 5. The van der Waals surface area contributed by atoms with E-state index in [1.165, 1.54) is 16.8 Å². The predicted molar refractivity (Wildman–Crippen MR) is 60.7 cm³/mol. The van der Waals surface area contributed by atoms with Crippen LogP contribution in [0.15, 0.2) is 18.2 Å². The normalized spacial score (nSPS) is 10.2. The van der Waals surface area contributed by atoms with Gasteiger partial charge in [0.05, 0.1) is 0 Å². The van der Waals surface area contributed by atoms with Gasteiger partial charge in [-0.15, -0.1) is 0 Å². The molecule has 0 aliphatic carbocycles. The fourth-order valence-corrected chi connectivity index (χ4v) is 1.45. The second-order valence-corrected chi connectivity index (χ2v) is 3.56. The molecule has 0 saturated heterocycles. The maximum atomic E-state index is 8.91. The third-order valence-corrected chi connectivity index (χ3v) is 2.21. The van der Waals surface area contributed by atoms with Gasteiger partial charge in [-0.1, -0.05) is 19.1 Å². The van der Waals surface area contributed by atoms with Crippen LogP contribution < -0.4 is 5.32 Å². The lowest BCUT2D eigenvalue weighted by molar-refractivity contribution is 0.300. The smallest absolute Gasteiger partial charge is 0.0472 e. The maximum absolute atomic E-state index is 8.91. The van der Waals surface area contributed by atoms with Crippen LogP contribution in [-0.2, 0) is 6.42 Å². The van der Waals surface area contributed by atoms with E-state index in [4.69, 9.17) is 5.11 Å². The summed E-state index contributed by atoms with van der Waals surface area (Å²) in [6, 6.07) is 6.31. The second kappa shape index (κ2) is 5.66. The first-order chi connectivity index (χ1) is 6.77. The Morgan fingerprint density at radius 1 is 1.36 bits per heavy atom. The Hall–Kier alpha value is -1.02. The fraction of sp³-hybridized carbons (Fsp3) is 0.500. The zero-order valence-corrected chi connectivity index (χ0v) is 9.01. The first-order valence-corrected chi connectivity index (χ1v) is 5.22. The zero-order valence-electron chi connectivity index (χ0n) is 9.01. The van der Waals surface area contributed by atoms with Crippen LogP contribution in [0.4, 0.5) is 5.69 Å². The summed E-state index contributed by atoms with van der Waals surface area (Å²) in [6.07, 6.45) is 1.85. The Balaban J connectivity index is 2.79. The van der Waals surface area contributed by atoms with E-state index in [2.05, 4.69) is 37.4 Å². The molecule has 0 aliphatic heterocycles. The molecule has 1 aromatic carbocycles. The number of aliphatic hydroxyl groups is 1. The standard InChI is InChI=1S/C12H19NO/c1-3-7-13-12-9-10(2)4-5-11(12)6-8-14/h4-5,9,13-14H,3,6-8H2,1-2H3. The van der Waals surface area contributed by atoms with Crippen molar-refractivity contribution in [2.45, 2.75) is 26.7 Å². The van der Waals surface area contributed by atoms with Crippen LogP contribution in [0.25, 0.3) is 0 Å². The molecular formula is C12H19NO.